The second-order valence-corrected chi connectivity index (χ2v) is 4.76. The summed E-state index contributed by atoms with van der Waals surface area (Å²) < 4.78 is 10.5. The molecule has 0 unspecified atom stereocenters. The highest BCUT2D eigenvalue weighted by molar-refractivity contribution is 6.07. The number of fused-ring (bicyclic) bond motifs is 1. The predicted octanol–water partition coefficient (Wildman–Crippen LogP) is 2.81. The van der Waals surface area contributed by atoms with Crippen molar-refractivity contribution < 1.29 is 14.3 Å². The fourth-order valence-electron chi connectivity index (χ4n) is 2.31. The highest BCUT2D eigenvalue weighted by Gasteiger charge is 2.18. The third-order valence-electron chi connectivity index (χ3n) is 3.44. The minimum Gasteiger partial charge on any atom is -0.454 e. The Balaban J connectivity index is 1.88. The van der Waals surface area contributed by atoms with Crippen molar-refractivity contribution in [3.63, 3.8) is 0 Å². The van der Waals surface area contributed by atoms with Gasteiger partial charge in [-0.3, -0.25) is 4.79 Å². The Morgan fingerprint density at radius 3 is 2.71 bits per heavy atom. The van der Waals surface area contributed by atoms with Crippen molar-refractivity contribution in [1.29, 1.82) is 0 Å². The summed E-state index contributed by atoms with van der Waals surface area (Å²) in [5.41, 5.74) is 8.55. The van der Waals surface area contributed by atoms with Crippen LogP contribution in [-0.4, -0.2) is 12.7 Å². The fraction of sp³-hybridized carbons (Fsp3) is 0.188. The normalized spacial score (nSPS) is 12.2. The molecule has 0 fully saturated rings. The standard InChI is InChI=1S/C16H16N2O3/c1-2-10-5-3-4-6-11(10)16(19)18-13-8-15-14(7-12(13)17)20-9-21-15/h3-8H,2,9,17H2,1H3,(H,18,19). The van der Waals surface area contributed by atoms with Crippen LogP contribution in [0.2, 0.25) is 0 Å². The van der Waals surface area contributed by atoms with E-state index >= 15 is 0 Å². The second-order valence-electron chi connectivity index (χ2n) is 4.76. The number of carbonyl (C=O) groups is 1. The van der Waals surface area contributed by atoms with Gasteiger partial charge in [-0.05, 0) is 18.1 Å². The number of amides is 1. The molecule has 0 aliphatic carbocycles. The zero-order valence-corrected chi connectivity index (χ0v) is 11.7. The van der Waals surface area contributed by atoms with Gasteiger partial charge < -0.3 is 20.5 Å². The van der Waals surface area contributed by atoms with Gasteiger partial charge in [0.2, 0.25) is 6.79 Å². The van der Waals surface area contributed by atoms with Crippen LogP contribution in [0.25, 0.3) is 0 Å². The molecule has 1 aliphatic heterocycles. The van der Waals surface area contributed by atoms with Crippen LogP contribution in [0.4, 0.5) is 11.4 Å². The van der Waals surface area contributed by atoms with Crippen LogP contribution in [0.15, 0.2) is 36.4 Å². The molecule has 0 aromatic heterocycles. The molecule has 5 heteroatoms. The summed E-state index contributed by atoms with van der Waals surface area (Å²) in [5.74, 6) is 1.00. The molecule has 3 N–H and O–H groups in total. The number of carbonyl (C=O) groups excluding carboxylic acids is 1. The number of rotatable bonds is 3. The molecule has 5 nitrogen and oxygen atoms in total. The van der Waals surface area contributed by atoms with Crippen molar-refractivity contribution in [2.75, 3.05) is 17.8 Å². The number of anilines is 2. The zero-order chi connectivity index (χ0) is 14.8. The molecule has 0 radical (unpaired) electrons. The first-order chi connectivity index (χ1) is 10.2. The lowest BCUT2D eigenvalue weighted by atomic mass is 10.0. The summed E-state index contributed by atoms with van der Waals surface area (Å²) in [6.45, 7) is 2.19. The molecular formula is C16H16N2O3. The maximum atomic E-state index is 12.4. The van der Waals surface area contributed by atoms with E-state index in [1.807, 2.05) is 25.1 Å². The number of benzene rings is 2. The number of nitrogens with one attached hydrogen (secondary N) is 1. The van der Waals surface area contributed by atoms with E-state index in [4.69, 9.17) is 15.2 Å². The third kappa shape index (κ3) is 2.50. The molecule has 1 amide bonds. The summed E-state index contributed by atoms with van der Waals surface area (Å²) in [6, 6.07) is 10.9. The number of hydrogen-bond acceptors (Lipinski definition) is 4. The maximum Gasteiger partial charge on any atom is 0.255 e. The monoisotopic (exact) mass is 284 g/mol. The molecule has 0 bridgehead atoms. The lowest BCUT2D eigenvalue weighted by Gasteiger charge is -2.11. The van der Waals surface area contributed by atoms with Crippen molar-refractivity contribution in [3.8, 4) is 11.5 Å². The van der Waals surface area contributed by atoms with E-state index in [0.717, 1.165) is 12.0 Å². The van der Waals surface area contributed by atoms with Crippen LogP contribution in [0.5, 0.6) is 11.5 Å². The molecule has 2 aromatic carbocycles. The molecule has 0 saturated heterocycles. The molecule has 1 aliphatic rings. The van der Waals surface area contributed by atoms with E-state index < -0.39 is 0 Å². The minimum atomic E-state index is -0.182. The van der Waals surface area contributed by atoms with Crippen LogP contribution >= 0.6 is 0 Å². The van der Waals surface area contributed by atoms with E-state index in [-0.39, 0.29) is 12.7 Å². The van der Waals surface area contributed by atoms with E-state index in [9.17, 15) is 4.79 Å². The lowest BCUT2D eigenvalue weighted by Crippen LogP contribution is -2.15. The summed E-state index contributed by atoms with van der Waals surface area (Å²) in [6.07, 6.45) is 0.792. The van der Waals surface area contributed by atoms with E-state index in [2.05, 4.69) is 5.32 Å². The Labute approximate surface area is 122 Å². The SMILES string of the molecule is CCc1ccccc1C(=O)Nc1cc2c(cc1N)OCO2. The van der Waals surface area contributed by atoms with Gasteiger partial charge in [0.25, 0.3) is 5.91 Å². The van der Waals surface area contributed by atoms with E-state index in [0.29, 0.717) is 28.4 Å². The first kappa shape index (κ1) is 13.3. The van der Waals surface area contributed by atoms with Crippen LogP contribution in [0.3, 0.4) is 0 Å². The summed E-state index contributed by atoms with van der Waals surface area (Å²) >= 11 is 0. The van der Waals surface area contributed by atoms with Crippen molar-refractivity contribution in [3.05, 3.63) is 47.5 Å². The highest BCUT2D eigenvalue weighted by atomic mass is 16.7. The predicted molar refractivity (Wildman–Crippen MR) is 80.8 cm³/mol. The van der Waals surface area contributed by atoms with Crippen molar-refractivity contribution >= 4 is 17.3 Å². The van der Waals surface area contributed by atoms with Gasteiger partial charge >= 0.3 is 0 Å². The Morgan fingerprint density at radius 1 is 1.24 bits per heavy atom. The van der Waals surface area contributed by atoms with E-state index in [1.54, 1.807) is 18.2 Å². The molecule has 0 spiro atoms. The quantitative estimate of drug-likeness (QED) is 0.850. The molecular weight excluding hydrogens is 268 g/mol. The fourth-order valence-corrected chi connectivity index (χ4v) is 2.31. The number of aryl methyl sites for hydroxylation is 1. The molecule has 3 rings (SSSR count). The smallest absolute Gasteiger partial charge is 0.255 e. The number of hydrogen-bond donors (Lipinski definition) is 2. The maximum absolute atomic E-state index is 12.4. The molecule has 108 valence electrons. The Morgan fingerprint density at radius 2 is 1.95 bits per heavy atom. The van der Waals surface area contributed by atoms with Crippen LogP contribution < -0.4 is 20.5 Å². The van der Waals surface area contributed by atoms with Crippen molar-refractivity contribution in [2.45, 2.75) is 13.3 Å². The zero-order valence-electron chi connectivity index (χ0n) is 11.7. The van der Waals surface area contributed by atoms with Crippen molar-refractivity contribution in [1.82, 2.24) is 0 Å². The third-order valence-corrected chi connectivity index (χ3v) is 3.44. The van der Waals surface area contributed by atoms with Gasteiger partial charge in [-0.1, -0.05) is 25.1 Å². The van der Waals surface area contributed by atoms with Crippen LogP contribution in [-0.2, 0) is 6.42 Å². The highest BCUT2D eigenvalue weighted by Crippen LogP contribution is 2.38. The average Bonchev–Trinajstić information content (AvgIpc) is 2.94. The Bertz CT molecular complexity index is 698. The first-order valence-electron chi connectivity index (χ1n) is 6.77. The Hall–Kier alpha value is -2.69. The molecule has 0 saturated carbocycles. The van der Waals surface area contributed by atoms with Gasteiger partial charge in [-0.15, -0.1) is 0 Å². The van der Waals surface area contributed by atoms with Gasteiger partial charge in [-0.25, -0.2) is 0 Å². The van der Waals surface area contributed by atoms with Crippen molar-refractivity contribution in [2.24, 2.45) is 0 Å². The second kappa shape index (κ2) is 5.36. The van der Waals surface area contributed by atoms with Gasteiger partial charge in [0.15, 0.2) is 11.5 Å². The van der Waals surface area contributed by atoms with Crippen LogP contribution in [0, 0.1) is 0 Å². The molecule has 2 aromatic rings. The summed E-state index contributed by atoms with van der Waals surface area (Å²) in [7, 11) is 0. The minimum absolute atomic E-state index is 0.171. The molecule has 1 heterocycles. The van der Waals surface area contributed by atoms with Crippen LogP contribution in [0.1, 0.15) is 22.8 Å². The first-order valence-corrected chi connectivity index (χ1v) is 6.77. The van der Waals surface area contributed by atoms with Gasteiger partial charge in [0, 0.05) is 17.7 Å². The van der Waals surface area contributed by atoms with Gasteiger partial charge in [-0.2, -0.15) is 0 Å². The number of ether oxygens (including phenoxy) is 2. The summed E-state index contributed by atoms with van der Waals surface area (Å²) in [5, 5.41) is 2.83. The number of nitrogens with two attached hydrogens (primary N) is 1. The Kier molecular flexibility index (Phi) is 3.39. The van der Waals surface area contributed by atoms with E-state index in [1.165, 1.54) is 0 Å². The summed E-state index contributed by atoms with van der Waals surface area (Å²) in [4.78, 5) is 12.4. The number of nitrogen functional groups attached to an aromatic ring is 1. The van der Waals surface area contributed by atoms with Gasteiger partial charge in [0.05, 0.1) is 11.4 Å². The topological polar surface area (TPSA) is 73.6 Å². The van der Waals surface area contributed by atoms with Gasteiger partial charge in [0.1, 0.15) is 0 Å². The molecule has 21 heavy (non-hydrogen) atoms. The largest absolute Gasteiger partial charge is 0.454 e. The average molecular weight is 284 g/mol. The lowest BCUT2D eigenvalue weighted by molar-refractivity contribution is 0.102. The molecule has 0 atom stereocenters.